The summed E-state index contributed by atoms with van der Waals surface area (Å²) in [6.07, 6.45) is 7.10. The molecule has 1 saturated carbocycles. The van der Waals surface area contributed by atoms with Gasteiger partial charge in [-0.1, -0.05) is 95.2 Å². The molecule has 8 heteroatoms. The number of amides is 3. The number of carbonyl (C=O) groups is 3. The van der Waals surface area contributed by atoms with Crippen LogP contribution in [0.4, 0.5) is 5.69 Å². The van der Waals surface area contributed by atoms with E-state index >= 15 is 0 Å². The van der Waals surface area contributed by atoms with Crippen LogP contribution in [-0.2, 0) is 25.7 Å². The summed E-state index contributed by atoms with van der Waals surface area (Å²) in [5.74, 6) is -0.794. The van der Waals surface area contributed by atoms with E-state index in [0.29, 0.717) is 36.4 Å². The zero-order valence-corrected chi connectivity index (χ0v) is 27.9. The molecular formula is C38H50N4O4. The maximum Gasteiger partial charge on any atom is 0.246 e. The number of hydrogen-bond acceptors (Lipinski definition) is 5. The van der Waals surface area contributed by atoms with Crippen molar-refractivity contribution >= 4 is 23.4 Å². The quantitative estimate of drug-likeness (QED) is 0.328. The first kappa shape index (κ1) is 32.5. The number of ether oxygens (including phenoxy) is 1. The number of likely N-dealkylation sites (tertiary alicyclic amines) is 1. The van der Waals surface area contributed by atoms with Crippen LogP contribution in [0.5, 0.6) is 0 Å². The van der Waals surface area contributed by atoms with Crippen molar-refractivity contribution in [3.63, 3.8) is 0 Å². The van der Waals surface area contributed by atoms with Crippen LogP contribution in [-0.4, -0.2) is 71.4 Å². The standard InChI is InChI=1S/C38H50N4O4/c1-24(2)28-15-17-29(18-16-28)39-35(43)32-31-19-20-38(46-31)33(32)37(45)42(22-10-21-41(5)23-27-12-7-6-8-13-27)34(38)36(44)40-30-14-9-11-25(3)26(30)4/h6-8,12-13,15-20,24-26,30-34H,9-11,14,21-23H2,1-5H3,(H,39,43)(H,40,44)/t25-,26+,30+,31-,32+,33-,34-,38-/m0/s1. The molecule has 46 heavy (non-hydrogen) atoms. The molecule has 2 aromatic carbocycles. The summed E-state index contributed by atoms with van der Waals surface area (Å²) >= 11 is 0. The molecule has 1 spiro atoms. The van der Waals surface area contributed by atoms with Crippen LogP contribution < -0.4 is 10.6 Å². The molecule has 3 amide bonds. The van der Waals surface area contributed by atoms with Crippen LogP contribution in [0.2, 0.25) is 0 Å². The second kappa shape index (κ2) is 13.3. The first-order valence-corrected chi connectivity index (χ1v) is 17.2. The Balaban J connectivity index is 1.22. The minimum atomic E-state index is -1.16. The van der Waals surface area contributed by atoms with Gasteiger partial charge in [0.05, 0.1) is 17.9 Å². The minimum absolute atomic E-state index is 0.0520. The molecule has 3 fully saturated rings. The highest BCUT2D eigenvalue weighted by atomic mass is 16.5. The van der Waals surface area contributed by atoms with Crippen molar-refractivity contribution in [3.05, 3.63) is 77.9 Å². The number of rotatable bonds is 11. The number of fused-ring (bicyclic) bond motifs is 1. The fourth-order valence-corrected chi connectivity index (χ4v) is 8.22. The van der Waals surface area contributed by atoms with Gasteiger partial charge < -0.3 is 25.2 Å². The van der Waals surface area contributed by atoms with Crippen molar-refractivity contribution in [3.8, 4) is 0 Å². The Hall–Kier alpha value is -3.49. The lowest BCUT2D eigenvalue weighted by Crippen LogP contribution is -2.58. The first-order valence-electron chi connectivity index (χ1n) is 17.2. The third-order valence-corrected chi connectivity index (χ3v) is 11.0. The molecule has 8 atom stereocenters. The second-order valence-electron chi connectivity index (χ2n) is 14.5. The van der Waals surface area contributed by atoms with Gasteiger partial charge in [0, 0.05) is 24.8 Å². The van der Waals surface area contributed by atoms with Gasteiger partial charge in [-0.2, -0.15) is 0 Å². The normalized spacial score (nSPS) is 31.5. The Morgan fingerprint density at radius 2 is 1.78 bits per heavy atom. The van der Waals surface area contributed by atoms with E-state index in [1.165, 1.54) is 11.1 Å². The molecule has 2 aromatic rings. The summed E-state index contributed by atoms with van der Waals surface area (Å²) in [7, 11) is 2.07. The van der Waals surface area contributed by atoms with Crippen molar-refractivity contribution in [2.45, 2.75) is 89.6 Å². The Kier molecular flexibility index (Phi) is 9.40. The van der Waals surface area contributed by atoms with Crippen LogP contribution in [0.1, 0.15) is 70.4 Å². The molecule has 2 bridgehead atoms. The number of carbonyl (C=O) groups excluding carboxylic acids is 3. The highest BCUT2D eigenvalue weighted by Crippen LogP contribution is 2.55. The molecule has 8 nitrogen and oxygen atoms in total. The summed E-state index contributed by atoms with van der Waals surface area (Å²) in [4.78, 5) is 46.5. The number of benzene rings is 2. The molecule has 4 aliphatic rings. The average Bonchev–Trinajstić information content (AvgIpc) is 3.67. The van der Waals surface area contributed by atoms with E-state index in [9.17, 15) is 14.4 Å². The summed E-state index contributed by atoms with van der Waals surface area (Å²) in [6, 6.07) is 17.4. The molecule has 0 unspecified atom stereocenters. The summed E-state index contributed by atoms with van der Waals surface area (Å²) < 4.78 is 6.58. The van der Waals surface area contributed by atoms with Gasteiger partial charge in [-0.25, -0.2) is 0 Å². The Morgan fingerprint density at radius 3 is 2.50 bits per heavy atom. The molecule has 3 heterocycles. The van der Waals surface area contributed by atoms with Gasteiger partial charge in [-0.3, -0.25) is 14.4 Å². The van der Waals surface area contributed by atoms with Gasteiger partial charge >= 0.3 is 0 Å². The lowest BCUT2D eigenvalue weighted by atomic mass is 9.73. The SMILES string of the molecule is CC(C)c1ccc(NC(=O)[C@@H]2[C@@H]3C=C[C@]4(O3)[C@@H]2C(=O)N(CCCN(C)Cc2ccccc2)[C@H]4C(=O)N[C@@H]2CCC[C@H](C)[C@H]2C)cc1. The molecular weight excluding hydrogens is 576 g/mol. The fraction of sp³-hybridized carbons (Fsp3) is 0.553. The lowest BCUT2D eigenvalue weighted by Gasteiger charge is -2.38. The zero-order valence-electron chi connectivity index (χ0n) is 27.9. The van der Waals surface area contributed by atoms with Crippen LogP contribution in [0.15, 0.2) is 66.7 Å². The van der Waals surface area contributed by atoms with Crippen LogP contribution in [0.25, 0.3) is 0 Å². The zero-order chi connectivity index (χ0) is 32.6. The number of hydrogen-bond donors (Lipinski definition) is 2. The van der Waals surface area contributed by atoms with Gasteiger partial charge in [0.15, 0.2) is 0 Å². The van der Waals surface area contributed by atoms with E-state index in [1.54, 1.807) is 4.90 Å². The predicted octanol–water partition coefficient (Wildman–Crippen LogP) is 5.36. The lowest BCUT2D eigenvalue weighted by molar-refractivity contribution is -0.141. The summed E-state index contributed by atoms with van der Waals surface area (Å²) in [5.41, 5.74) is 1.95. The van der Waals surface area contributed by atoms with Gasteiger partial charge in [-0.05, 0) is 67.4 Å². The molecule has 246 valence electrons. The van der Waals surface area contributed by atoms with Crippen molar-refractivity contribution in [1.29, 1.82) is 0 Å². The third kappa shape index (κ3) is 6.14. The molecule has 3 aliphatic heterocycles. The van der Waals surface area contributed by atoms with E-state index < -0.39 is 29.6 Å². The molecule has 1 aliphatic carbocycles. The third-order valence-electron chi connectivity index (χ3n) is 11.0. The highest BCUT2D eigenvalue weighted by Gasteiger charge is 2.72. The molecule has 2 N–H and O–H groups in total. The van der Waals surface area contributed by atoms with Crippen molar-refractivity contribution in [2.24, 2.45) is 23.7 Å². The minimum Gasteiger partial charge on any atom is -0.359 e. The van der Waals surface area contributed by atoms with Gasteiger partial charge in [0.2, 0.25) is 17.7 Å². The van der Waals surface area contributed by atoms with Gasteiger partial charge in [-0.15, -0.1) is 0 Å². The maximum atomic E-state index is 14.4. The van der Waals surface area contributed by atoms with E-state index in [1.807, 2.05) is 54.6 Å². The van der Waals surface area contributed by atoms with Crippen molar-refractivity contribution < 1.29 is 19.1 Å². The van der Waals surface area contributed by atoms with Crippen molar-refractivity contribution in [2.75, 3.05) is 25.5 Å². The van der Waals surface area contributed by atoms with Crippen molar-refractivity contribution in [1.82, 2.24) is 15.1 Å². The second-order valence-corrected chi connectivity index (χ2v) is 14.5. The maximum absolute atomic E-state index is 14.4. The van der Waals surface area contributed by atoms with Crippen LogP contribution in [0.3, 0.4) is 0 Å². The van der Waals surface area contributed by atoms with Gasteiger partial charge in [0.1, 0.15) is 11.6 Å². The van der Waals surface area contributed by atoms with Crippen LogP contribution in [0, 0.1) is 23.7 Å². The number of nitrogens with one attached hydrogen (secondary N) is 2. The average molecular weight is 627 g/mol. The fourth-order valence-electron chi connectivity index (χ4n) is 8.22. The topological polar surface area (TPSA) is 91.0 Å². The Labute approximate surface area is 273 Å². The largest absolute Gasteiger partial charge is 0.359 e. The summed E-state index contributed by atoms with van der Waals surface area (Å²) in [6.45, 7) is 10.7. The summed E-state index contributed by atoms with van der Waals surface area (Å²) in [5, 5.41) is 6.40. The van der Waals surface area contributed by atoms with Gasteiger partial charge in [0.25, 0.3) is 0 Å². The predicted molar refractivity (Wildman–Crippen MR) is 180 cm³/mol. The van der Waals surface area contributed by atoms with E-state index in [0.717, 1.165) is 32.4 Å². The number of nitrogens with zero attached hydrogens (tertiary/aromatic N) is 2. The smallest absolute Gasteiger partial charge is 0.246 e. The Morgan fingerprint density at radius 1 is 1.04 bits per heavy atom. The molecule has 0 aromatic heterocycles. The van der Waals surface area contributed by atoms with E-state index in [4.69, 9.17) is 4.74 Å². The van der Waals surface area contributed by atoms with E-state index in [-0.39, 0.29) is 23.8 Å². The first-order chi connectivity index (χ1) is 22.1. The molecule has 6 rings (SSSR count). The monoisotopic (exact) mass is 626 g/mol. The van der Waals surface area contributed by atoms with E-state index in [2.05, 4.69) is 62.4 Å². The Bertz CT molecular complexity index is 1440. The number of anilines is 1. The van der Waals surface area contributed by atoms with Crippen LogP contribution >= 0.6 is 0 Å². The molecule has 0 radical (unpaired) electrons. The molecule has 2 saturated heterocycles. The highest BCUT2D eigenvalue weighted by molar-refractivity contribution is 6.02.